The second-order valence-electron chi connectivity index (χ2n) is 7.61. The van der Waals surface area contributed by atoms with E-state index in [9.17, 15) is 27.8 Å². The molecule has 11 heteroatoms. The van der Waals surface area contributed by atoms with Crippen molar-refractivity contribution >= 4 is 46.2 Å². The summed E-state index contributed by atoms with van der Waals surface area (Å²) in [5.74, 6) is -2.88. The van der Waals surface area contributed by atoms with Crippen molar-refractivity contribution in [2.45, 2.75) is 44.1 Å². The highest BCUT2D eigenvalue weighted by atomic mass is 35.5. The summed E-state index contributed by atoms with van der Waals surface area (Å²) >= 11 is 9.78. The number of carboxylic acid groups (broad SMARTS) is 1. The Kier molecular flexibility index (Phi) is 8.47. The van der Waals surface area contributed by atoms with Gasteiger partial charge in [-0.05, 0) is 41.8 Å². The number of rotatable bonds is 8. The third-order valence-electron chi connectivity index (χ3n) is 5.45. The summed E-state index contributed by atoms with van der Waals surface area (Å²) in [6.07, 6.45) is -2.58. The molecule has 1 saturated heterocycles. The number of amides is 1. The molecule has 0 aliphatic carbocycles. The molecule has 5 unspecified atom stereocenters. The first kappa shape index (κ1) is 25.6. The van der Waals surface area contributed by atoms with E-state index in [1.54, 1.807) is 31.2 Å². The molecule has 1 heterocycles. The van der Waals surface area contributed by atoms with E-state index >= 15 is 0 Å². The first-order valence-corrected chi connectivity index (χ1v) is 12.1. The van der Waals surface area contributed by atoms with Crippen LogP contribution in [0.3, 0.4) is 0 Å². The van der Waals surface area contributed by atoms with E-state index < -0.39 is 59.5 Å². The van der Waals surface area contributed by atoms with Gasteiger partial charge in [0, 0.05) is 11.1 Å². The van der Waals surface area contributed by atoms with Crippen LogP contribution in [-0.2, 0) is 25.4 Å². The molecule has 2 aromatic carbocycles. The second-order valence-corrected chi connectivity index (χ2v) is 9.43. The van der Waals surface area contributed by atoms with Gasteiger partial charge in [0.1, 0.15) is 18.0 Å². The van der Waals surface area contributed by atoms with Gasteiger partial charge in [-0.25, -0.2) is 8.60 Å². The van der Waals surface area contributed by atoms with E-state index in [1.165, 1.54) is 23.1 Å². The number of morpholine rings is 1. The molecule has 1 amide bonds. The predicted molar refractivity (Wildman–Crippen MR) is 122 cm³/mol. The van der Waals surface area contributed by atoms with Crippen molar-refractivity contribution in [1.82, 2.24) is 4.90 Å². The van der Waals surface area contributed by atoms with Gasteiger partial charge in [-0.2, -0.15) is 0 Å². The summed E-state index contributed by atoms with van der Waals surface area (Å²) in [6.45, 7) is 1.74. The van der Waals surface area contributed by atoms with E-state index in [2.05, 4.69) is 0 Å². The molecule has 3 rings (SSSR count). The van der Waals surface area contributed by atoms with Gasteiger partial charge < -0.3 is 19.3 Å². The van der Waals surface area contributed by atoms with E-state index in [1.807, 2.05) is 0 Å². The third kappa shape index (κ3) is 5.91. The Hall–Kier alpha value is -2.04. The normalized spacial score (nSPS) is 22.8. The summed E-state index contributed by atoms with van der Waals surface area (Å²) in [4.78, 5) is 26.2. The van der Waals surface area contributed by atoms with Crippen LogP contribution >= 0.6 is 23.2 Å². The molecular weight excluding hydrogens is 496 g/mol. The minimum Gasteiger partial charge on any atom is -0.481 e. The molecule has 0 aromatic heterocycles. The topological polar surface area (TPSA) is 104 Å². The van der Waals surface area contributed by atoms with Crippen molar-refractivity contribution in [1.29, 1.82) is 0 Å². The van der Waals surface area contributed by atoms with Crippen molar-refractivity contribution in [2.75, 3.05) is 5.75 Å². The number of carboxylic acids is 1. The van der Waals surface area contributed by atoms with E-state index in [-0.39, 0.29) is 10.8 Å². The smallest absolute Gasteiger partial charge is 0.306 e. The van der Waals surface area contributed by atoms with Crippen LogP contribution in [0.2, 0.25) is 10.0 Å². The molecule has 2 N–H and O–H groups in total. The number of hydrogen-bond acceptors (Lipinski definition) is 4. The van der Waals surface area contributed by atoms with Crippen molar-refractivity contribution in [3.05, 3.63) is 69.5 Å². The van der Waals surface area contributed by atoms with Gasteiger partial charge >= 0.3 is 5.97 Å². The predicted octanol–water partition coefficient (Wildman–Crippen LogP) is 4.62. The van der Waals surface area contributed by atoms with Gasteiger partial charge in [0.15, 0.2) is 11.1 Å². The van der Waals surface area contributed by atoms with Crippen LogP contribution in [0, 0.1) is 5.82 Å². The zero-order valence-corrected chi connectivity index (χ0v) is 19.8. The summed E-state index contributed by atoms with van der Waals surface area (Å²) in [7, 11) is 0. The lowest BCUT2D eigenvalue weighted by Gasteiger charge is -2.47. The number of ether oxygens (including phenoxy) is 1. The van der Waals surface area contributed by atoms with Crippen LogP contribution in [0.4, 0.5) is 4.39 Å². The lowest BCUT2D eigenvalue weighted by Crippen LogP contribution is -2.56. The monoisotopic (exact) mass is 517 g/mol. The number of benzene rings is 2. The minimum atomic E-state index is -2.24. The lowest BCUT2D eigenvalue weighted by molar-refractivity contribution is -0.182. The average molecular weight is 518 g/mol. The molecule has 1 aliphatic rings. The Morgan fingerprint density at radius 2 is 1.97 bits per heavy atom. The number of hydrogen-bond donors (Lipinski definition) is 2. The molecule has 178 valence electrons. The molecular formula is C22H22Cl2FNO6S. The zero-order valence-electron chi connectivity index (χ0n) is 17.5. The largest absolute Gasteiger partial charge is 0.481 e. The van der Waals surface area contributed by atoms with E-state index in [4.69, 9.17) is 27.9 Å². The highest BCUT2D eigenvalue weighted by Gasteiger charge is 2.47. The van der Waals surface area contributed by atoms with Gasteiger partial charge in [-0.1, -0.05) is 48.3 Å². The van der Waals surface area contributed by atoms with Gasteiger partial charge in [0.05, 0.1) is 23.2 Å². The number of halogens is 3. The van der Waals surface area contributed by atoms with E-state index in [0.29, 0.717) is 22.6 Å². The highest BCUT2D eigenvalue weighted by molar-refractivity contribution is 7.79. The van der Waals surface area contributed by atoms with Gasteiger partial charge in [0.25, 0.3) is 5.91 Å². The maximum absolute atomic E-state index is 14.4. The summed E-state index contributed by atoms with van der Waals surface area (Å²) in [6, 6.07) is 9.02. The quantitative estimate of drug-likeness (QED) is 0.495. The number of nitrogens with zero attached hydrogens (tertiary/aromatic N) is 1. The summed E-state index contributed by atoms with van der Waals surface area (Å²) in [5, 5.41) is 9.61. The first-order valence-electron chi connectivity index (χ1n) is 10.1. The van der Waals surface area contributed by atoms with Crippen LogP contribution in [0.5, 0.6) is 0 Å². The van der Waals surface area contributed by atoms with Crippen molar-refractivity contribution in [3.8, 4) is 0 Å². The Labute approximate surface area is 202 Å². The van der Waals surface area contributed by atoms with Crippen LogP contribution < -0.4 is 0 Å². The maximum atomic E-state index is 14.4. The second kappa shape index (κ2) is 10.9. The molecule has 0 spiro atoms. The van der Waals surface area contributed by atoms with Crippen molar-refractivity contribution < 1.29 is 32.6 Å². The molecule has 0 saturated carbocycles. The molecule has 7 nitrogen and oxygen atoms in total. The SMILES string of the molecule is CCC(CS(=O)O)N1C(=O)C(CC(=O)O)OC(c2cccc(Cl)c2)C1c1ccc(Cl)c(F)c1. The molecule has 1 aliphatic heterocycles. The fraction of sp³-hybridized carbons (Fsp3) is 0.364. The van der Waals surface area contributed by atoms with Gasteiger partial charge in [0.2, 0.25) is 0 Å². The van der Waals surface area contributed by atoms with Gasteiger partial charge in [-0.15, -0.1) is 0 Å². The maximum Gasteiger partial charge on any atom is 0.306 e. The Morgan fingerprint density at radius 3 is 2.55 bits per heavy atom. The first-order chi connectivity index (χ1) is 15.6. The fourth-order valence-corrected chi connectivity index (χ4v) is 5.04. The average Bonchev–Trinajstić information content (AvgIpc) is 2.75. The third-order valence-corrected chi connectivity index (χ3v) is 6.66. The Morgan fingerprint density at radius 1 is 1.24 bits per heavy atom. The number of carbonyl (C=O) groups excluding carboxylic acids is 1. The molecule has 5 atom stereocenters. The standard InChI is InChI=1S/C22H22Cl2FNO6S/c1-2-15(11-33(30)31)26-20(12-6-7-16(24)17(25)9-12)21(13-4-3-5-14(23)8-13)32-18(22(26)29)10-19(27)28/h3-9,15,18,20-21H,2,10-11H2,1H3,(H,27,28)(H,30,31). The number of aliphatic carboxylic acids is 1. The van der Waals surface area contributed by atoms with Crippen LogP contribution in [0.25, 0.3) is 0 Å². The molecule has 0 bridgehead atoms. The molecule has 0 radical (unpaired) electrons. The van der Waals surface area contributed by atoms with E-state index in [0.717, 1.165) is 0 Å². The van der Waals surface area contributed by atoms with Gasteiger partial charge in [-0.3, -0.25) is 9.59 Å². The lowest BCUT2D eigenvalue weighted by atomic mass is 9.89. The van der Waals surface area contributed by atoms with Crippen molar-refractivity contribution in [2.24, 2.45) is 0 Å². The molecule has 2 aromatic rings. The molecule has 1 fully saturated rings. The number of carbonyl (C=O) groups is 2. The minimum absolute atomic E-state index is 0.111. The van der Waals surface area contributed by atoms with Crippen LogP contribution in [0.15, 0.2) is 42.5 Å². The van der Waals surface area contributed by atoms with Crippen molar-refractivity contribution in [3.63, 3.8) is 0 Å². The molecule has 33 heavy (non-hydrogen) atoms. The highest BCUT2D eigenvalue weighted by Crippen LogP contribution is 2.45. The Bertz CT molecular complexity index is 1070. The van der Waals surface area contributed by atoms with Crippen LogP contribution in [0.1, 0.15) is 43.0 Å². The fourth-order valence-electron chi connectivity index (χ4n) is 4.00. The summed E-state index contributed by atoms with van der Waals surface area (Å²) < 4.78 is 41.6. The summed E-state index contributed by atoms with van der Waals surface area (Å²) in [5.41, 5.74) is 0.877. The van der Waals surface area contributed by atoms with Crippen LogP contribution in [-0.4, -0.2) is 48.5 Å². The zero-order chi connectivity index (χ0) is 24.3. The Balaban J connectivity index is 2.22.